The number of carbonyl (C=O) groups excluding carboxylic acids is 2. The maximum Gasteiger partial charge on any atom is 0.307 e. The van der Waals surface area contributed by atoms with Crippen LogP contribution in [0.4, 0.5) is 0 Å². The summed E-state index contributed by atoms with van der Waals surface area (Å²) < 4.78 is 6.53. The van der Waals surface area contributed by atoms with Gasteiger partial charge in [-0.15, -0.1) is 0 Å². The molecule has 2 aromatic rings. The van der Waals surface area contributed by atoms with E-state index in [1.165, 1.54) is 7.11 Å². The van der Waals surface area contributed by atoms with Crippen LogP contribution in [-0.4, -0.2) is 34.8 Å². The molecule has 1 aromatic carbocycles. The van der Waals surface area contributed by atoms with Gasteiger partial charge in [0.2, 0.25) is 0 Å². The zero-order valence-corrected chi connectivity index (χ0v) is 14.5. The van der Waals surface area contributed by atoms with Gasteiger partial charge in [0.25, 0.3) is 5.91 Å². The van der Waals surface area contributed by atoms with E-state index in [2.05, 4.69) is 15.2 Å². The third kappa shape index (κ3) is 4.68. The van der Waals surface area contributed by atoms with Crippen molar-refractivity contribution < 1.29 is 14.3 Å². The first-order chi connectivity index (χ1) is 11.4. The van der Waals surface area contributed by atoms with Crippen molar-refractivity contribution in [1.82, 2.24) is 15.1 Å². The Labute approximate surface area is 141 Å². The second-order valence-corrected chi connectivity index (χ2v) is 5.94. The van der Waals surface area contributed by atoms with Gasteiger partial charge < -0.3 is 10.1 Å². The standard InChI is InChI=1S/C18H23N3O3/c1-12(10-17(22)24-4)19-18(23)16-7-5-15(6-8-16)11-21-14(3)9-13(2)20-21/h5-9,12H,10-11H2,1-4H3,(H,19,23). The zero-order valence-electron chi connectivity index (χ0n) is 14.5. The van der Waals surface area contributed by atoms with E-state index >= 15 is 0 Å². The van der Waals surface area contributed by atoms with E-state index in [1.807, 2.05) is 36.7 Å². The fourth-order valence-electron chi connectivity index (χ4n) is 2.46. The molecule has 1 atom stereocenters. The largest absolute Gasteiger partial charge is 0.469 e. The van der Waals surface area contributed by atoms with Crippen LogP contribution in [0.5, 0.6) is 0 Å². The summed E-state index contributed by atoms with van der Waals surface area (Å²) in [5, 5.41) is 7.22. The van der Waals surface area contributed by atoms with Gasteiger partial charge in [-0.2, -0.15) is 5.10 Å². The van der Waals surface area contributed by atoms with Gasteiger partial charge in [-0.1, -0.05) is 12.1 Å². The van der Waals surface area contributed by atoms with Crippen molar-refractivity contribution >= 4 is 11.9 Å². The number of methoxy groups -OCH3 is 1. The highest BCUT2D eigenvalue weighted by molar-refractivity contribution is 5.94. The molecular formula is C18H23N3O3. The van der Waals surface area contributed by atoms with Crippen LogP contribution in [0.3, 0.4) is 0 Å². The lowest BCUT2D eigenvalue weighted by Gasteiger charge is -2.13. The number of nitrogens with zero attached hydrogens (tertiary/aromatic N) is 2. The smallest absolute Gasteiger partial charge is 0.307 e. The van der Waals surface area contributed by atoms with E-state index in [9.17, 15) is 9.59 Å². The van der Waals surface area contributed by atoms with Crippen LogP contribution in [0.2, 0.25) is 0 Å². The van der Waals surface area contributed by atoms with Crippen molar-refractivity contribution in [3.8, 4) is 0 Å². The van der Waals surface area contributed by atoms with E-state index < -0.39 is 0 Å². The van der Waals surface area contributed by atoms with Gasteiger partial charge in [0.1, 0.15) is 0 Å². The summed E-state index contributed by atoms with van der Waals surface area (Å²) in [6.45, 7) is 6.42. The number of aromatic nitrogens is 2. The summed E-state index contributed by atoms with van der Waals surface area (Å²) in [7, 11) is 1.33. The maximum absolute atomic E-state index is 12.2. The molecule has 24 heavy (non-hydrogen) atoms. The lowest BCUT2D eigenvalue weighted by molar-refractivity contribution is -0.141. The van der Waals surface area contributed by atoms with E-state index in [1.54, 1.807) is 19.1 Å². The minimum atomic E-state index is -0.344. The molecule has 0 spiro atoms. The number of hydrogen-bond acceptors (Lipinski definition) is 4. The Morgan fingerprint density at radius 1 is 1.25 bits per heavy atom. The van der Waals surface area contributed by atoms with Crippen LogP contribution >= 0.6 is 0 Å². The molecule has 0 radical (unpaired) electrons. The molecule has 1 aromatic heterocycles. The predicted octanol–water partition coefficient (Wildman–Crippen LogP) is 2.23. The van der Waals surface area contributed by atoms with Gasteiger partial charge in [-0.05, 0) is 44.5 Å². The molecule has 0 fully saturated rings. The first-order valence-corrected chi connectivity index (χ1v) is 7.86. The quantitative estimate of drug-likeness (QED) is 0.825. The molecule has 128 valence electrons. The number of rotatable bonds is 6. The Bertz CT molecular complexity index is 720. The number of aryl methyl sites for hydroxylation is 2. The summed E-state index contributed by atoms with van der Waals surface area (Å²) in [4.78, 5) is 23.4. The molecule has 6 nitrogen and oxygen atoms in total. The number of hydrogen-bond donors (Lipinski definition) is 1. The molecule has 1 N–H and O–H groups in total. The number of benzene rings is 1. The van der Waals surface area contributed by atoms with Crippen LogP contribution in [-0.2, 0) is 16.1 Å². The summed E-state index contributed by atoms with van der Waals surface area (Å²) in [6.07, 6.45) is 0.151. The number of carbonyl (C=O) groups is 2. The third-order valence-corrected chi connectivity index (χ3v) is 3.73. The molecule has 1 heterocycles. The number of ether oxygens (including phenoxy) is 1. The Balaban J connectivity index is 1.97. The lowest BCUT2D eigenvalue weighted by atomic mass is 10.1. The minimum absolute atomic E-state index is 0.151. The Morgan fingerprint density at radius 3 is 2.46 bits per heavy atom. The van der Waals surface area contributed by atoms with Crippen LogP contribution in [0, 0.1) is 13.8 Å². The molecule has 2 rings (SSSR count). The van der Waals surface area contributed by atoms with Crippen molar-refractivity contribution in [3.63, 3.8) is 0 Å². The lowest BCUT2D eigenvalue weighted by Crippen LogP contribution is -2.34. The second-order valence-electron chi connectivity index (χ2n) is 5.94. The van der Waals surface area contributed by atoms with Crippen LogP contribution in [0.25, 0.3) is 0 Å². The molecule has 0 saturated heterocycles. The van der Waals surface area contributed by atoms with Gasteiger partial charge >= 0.3 is 5.97 Å². The first kappa shape index (κ1) is 17.7. The molecule has 1 unspecified atom stereocenters. The topological polar surface area (TPSA) is 73.2 Å². The summed E-state index contributed by atoms with van der Waals surface area (Å²) in [5.74, 6) is -0.549. The van der Waals surface area contributed by atoms with E-state index in [0.29, 0.717) is 12.1 Å². The fourth-order valence-corrected chi connectivity index (χ4v) is 2.46. The zero-order chi connectivity index (χ0) is 17.7. The Kier molecular flexibility index (Phi) is 5.73. The van der Waals surface area contributed by atoms with Gasteiger partial charge in [0.05, 0.1) is 25.8 Å². The molecule has 1 amide bonds. The van der Waals surface area contributed by atoms with Crippen LogP contribution < -0.4 is 5.32 Å². The minimum Gasteiger partial charge on any atom is -0.469 e. The molecule has 0 aliphatic rings. The monoisotopic (exact) mass is 329 g/mol. The number of nitrogens with one attached hydrogen (secondary N) is 1. The van der Waals surface area contributed by atoms with E-state index in [4.69, 9.17) is 0 Å². The van der Waals surface area contributed by atoms with Crippen molar-refractivity contribution in [2.45, 2.75) is 39.8 Å². The van der Waals surface area contributed by atoms with Crippen molar-refractivity contribution in [2.24, 2.45) is 0 Å². The highest BCUT2D eigenvalue weighted by atomic mass is 16.5. The molecule has 0 bridgehead atoms. The normalized spacial score (nSPS) is 11.8. The summed E-state index contributed by atoms with van der Waals surface area (Å²) in [5.41, 5.74) is 3.72. The molecule has 0 saturated carbocycles. The maximum atomic E-state index is 12.2. The average molecular weight is 329 g/mol. The third-order valence-electron chi connectivity index (χ3n) is 3.73. The van der Waals surface area contributed by atoms with Crippen molar-refractivity contribution in [3.05, 3.63) is 52.8 Å². The van der Waals surface area contributed by atoms with Gasteiger partial charge in [0, 0.05) is 17.3 Å². The predicted molar refractivity (Wildman–Crippen MR) is 90.8 cm³/mol. The van der Waals surface area contributed by atoms with Gasteiger partial charge in [0.15, 0.2) is 0 Å². The fraction of sp³-hybridized carbons (Fsp3) is 0.389. The SMILES string of the molecule is COC(=O)CC(C)NC(=O)c1ccc(Cn2nc(C)cc2C)cc1. The van der Waals surface area contributed by atoms with Crippen molar-refractivity contribution in [1.29, 1.82) is 0 Å². The van der Waals surface area contributed by atoms with Gasteiger partial charge in [-0.3, -0.25) is 14.3 Å². The Hall–Kier alpha value is -2.63. The number of amides is 1. The van der Waals surface area contributed by atoms with E-state index in [0.717, 1.165) is 17.0 Å². The molecular weight excluding hydrogens is 306 g/mol. The highest BCUT2D eigenvalue weighted by Gasteiger charge is 2.13. The van der Waals surface area contributed by atoms with E-state index in [-0.39, 0.29) is 24.3 Å². The molecule has 6 heteroatoms. The van der Waals surface area contributed by atoms with Crippen molar-refractivity contribution in [2.75, 3.05) is 7.11 Å². The first-order valence-electron chi connectivity index (χ1n) is 7.86. The van der Waals surface area contributed by atoms with Gasteiger partial charge in [-0.25, -0.2) is 0 Å². The highest BCUT2D eigenvalue weighted by Crippen LogP contribution is 2.09. The Morgan fingerprint density at radius 2 is 1.92 bits per heavy atom. The molecule has 0 aliphatic heterocycles. The van der Waals surface area contributed by atoms with Crippen LogP contribution in [0.15, 0.2) is 30.3 Å². The van der Waals surface area contributed by atoms with Crippen LogP contribution in [0.1, 0.15) is 40.7 Å². The average Bonchev–Trinajstić information content (AvgIpc) is 2.85. The number of esters is 1. The summed E-state index contributed by atoms with van der Waals surface area (Å²) >= 11 is 0. The second kappa shape index (κ2) is 7.77. The molecule has 0 aliphatic carbocycles. The summed E-state index contributed by atoms with van der Waals surface area (Å²) in [6, 6.07) is 9.14.